The summed E-state index contributed by atoms with van der Waals surface area (Å²) in [6, 6.07) is -1.11. The fourth-order valence-electron chi connectivity index (χ4n) is 2.99. The van der Waals surface area contributed by atoms with Crippen LogP contribution in [0.4, 0.5) is 5.13 Å². The van der Waals surface area contributed by atoms with Crippen LogP contribution < -0.4 is 11.1 Å². The van der Waals surface area contributed by atoms with Crippen molar-refractivity contribution >= 4 is 93.2 Å². The summed E-state index contributed by atoms with van der Waals surface area (Å²) >= 11 is 2.18. The van der Waals surface area contributed by atoms with Crippen molar-refractivity contribution in [3.63, 3.8) is 0 Å². The predicted octanol–water partition coefficient (Wildman–Crippen LogP) is -1.04. The molecule has 0 aromatic carbocycles. The SMILES string of the molecule is CC(=O)OCC1=C(C(=O)O)N2C(=O)[C@H](NC(=O)/C(=N\OC(C)(C)C(=O)O)c3csc(N)n3)[C@H]2SC1.[NaH]. The average molecular weight is 552 g/mol. The number of fused-ring (bicyclic) bond motifs is 1. The van der Waals surface area contributed by atoms with Crippen molar-refractivity contribution in [2.45, 2.75) is 37.8 Å². The minimum atomic E-state index is -1.77. The molecule has 0 bridgehead atoms. The first-order valence-electron chi connectivity index (χ1n) is 9.88. The molecule has 2 amide bonds. The van der Waals surface area contributed by atoms with Gasteiger partial charge in [0.05, 0.1) is 0 Å². The number of rotatable bonds is 9. The Kier molecular flexibility index (Phi) is 9.52. The molecule has 1 fully saturated rings. The number of thiazole rings is 1. The number of hydrogen-bond acceptors (Lipinski definition) is 12. The van der Waals surface area contributed by atoms with Crippen molar-refractivity contribution in [2.24, 2.45) is 5.16 Å². The number of esters is 1. The van der Waals surface area contributed by atoms with Crippen LogP contribution in [0.2, 0.25) is 0 Å². The number of nitrogens with zero attached hydrogens (tertiary/aromatic N) is 3. The zero-order chi connectivity index (χ0) is 26.1. The van der Waals surface area contributed by atoms with E-state index in [4.69, 9.17) is 15.3 Å². The van der Waals surface area contributed by atoms with Gasteiger partial charge in [-0.1, -0.05) is 5.16 Å². The second kappa shape index (κ2) is 11.6. The summed E-state index contributed by atoms with van der Waals surface area (Å²) in [4.78, 5) is 70.1. The first kappa shape index (κ1) is 29.6. The van der Waals surface area contributed by atoms with Crippen molar-refractivity contribution in [3.05, 3.63) is 22.3 Å². The quantitative estimate of drug-likeness (QED) is 0.0953. The number of anilines is 1. The number of carboxylic acid groups (broad SMARTS) is 2. The van der Waals surface area contributed by atoms with Crippen LogP contribution >= 0.6 is 23.1 Å². The third-order valence-electron chi connectivity index (χ3n) is 4.85. The number of carboxylic acids is 2. The van der Waals surface area contributed by atoms with Crippen molar-refractivity contribution in [1.29, 1.82) is 0 Å². The van der Waals surface area contributed by atoms with Gasteiger partial charge in [-0.3, -0.25) is 19.3 Å². The maximum absolute atomic E-state index is 13.0. The van der Waals surface area contributed by atoms with Gasteiger partial charge >= 0.3 is 47.5 Å². The summed E-state index contributed by atoms with van der Waals surface area (Å²) in [5, 5.41) is 25.8. The van der Waals surface area contributed by atoms with E-state index in [9.17, 15) is 34.2 Å². The molecule has 2 aliphatic rings. The molecule has 3 heterocycles. The van der Waals surface area contributed by atoms with Crippen LogP contribution in [-0.2, 0) is 33.5 Å². The number of hydrogen-bond donors (Lipinski definition) is 4. The van der Waals surface area contributed by atoms with Gasteiger partial charge in [-0.15, -0.1) is 23.1 Å². The van der Waals surface area contributed by atoms with Crippen molar-refractivity contribution in [3.8, 4) is 0 Å². The molecule has 2 atom stereocenters. The van der Waals surface area contributed by atoms with Gasteiger partial charge < -0.3 is 30.8 Å². The third-order valence-corrected chi connectivity index (χ3v) is 6.86. The van der Waals surface area contributed by atoms with E-state index in [0.717, 1.165) is 16.2 Å². The number of ether oxygens (including phenoxy) is 1. The molecule has 3 rings (SSSR count). The molecule has 1 aromatic rings. The van der Waals surface area contributed by atoms with Crippen LogP contribution in [0.5, 0.6) is 0 Å². The summed E-state index contributed by atoms with van der Waals surface area (Å²) in [6.07, 6.45) is 0. The van der Waals surface area contributed by atoms with E-state index < -0.39 is 52.5 Å². The summed E-state index contributed by atoms with van der Waals surface area (Å²) in [6.45, 7) is 3.35. The molecule has 36 heavy (non-hydrogen) atoms. The van der Waals surface area contributed by atoms with Gasteiger partial charge in [-0.2, -0.15) is 0 Å². The molecule has 0 aliphatic carbocycles. The Balaban J connectivity index is 0.00000456. The standard InChI is InChI=1S/C19H21N5O9S2.Na.H/c1-7(25)32-4-8-5-34-15-11(14(27)24(15)12(8)16(28)29)22-13(26)10(9-6-35-18(20)21-9)23-33-19(2,3)17(30)31;;/h6,11,15H,4-5H2,1-3H3,(H2,20,21)(H,22,26)(H,28,29)(H,30,31);;/b23-10-;;/t11-,15+;;/m0../s1. The van der Waals surface area contributed by atoms with Crippen LogP contribution in [0.25, 0.3) is 0 Å². The number of nitrogen functional groups attached to an aromatic ring is 1. The van der Waals surface area contributed by atoms with Crippen LogP contribution in [0.15, 0.2) is 21.8 Å². The Morgan fingerprint density at radius 2 is 2.00 bits per heavy atom. The molecule has 2 aliphatic heterocycles. The Bertz CT molecular complexity index is 1170. The summed E-state index contributed by atoms with van der Waals surface area (Å²) in [7, 11) is 0. The maximum atomic E-state index is 13.0. The van der Waals surface area contributed by atoms with Gasteiger partial charge in [0.2, 0.25) is 5.60 Å². The van der Waals surface area contributed by atoms with Crippen LogP contribution in [-0.4, -0.2) is 114 Å². The number of carbonyl (C=O) groups excluding carboxylic acids is 3. The van der Waals surface area contributed by atoms with Crippen LogP contribution in [0, 0.1) is 0 Å². The molecule has 1 aromatic heterocycles. The summed E-state index contributed by atoms with van der Waals surface area (Å²) in [5.41, 5.74) is 3.38. The number of nitrogens with one attached hydrogen (secondary N) is 1. The fraction of sp³-hybridized carbons (Fsp3) is 0.421. The number of amides is 2. The van der Waals surface area contributed by atoms with Crippen molar-refractivity contribution in [1.82, 2.24) is 15.2 Å². The molecule has 5 N–H and O–H groups in total. The number of aliphatic carboxylic acids is 2. The zero-order valence-corrected chi connectivity index (χ0v) is 20.3. The van der Waals surface area contributed by atoms with E-state index in [-0.39, 0.29) is 64.0 Å². The molecular formula is C19H22N5NaO9S2. The monoisotopic (exact) mass is 551 g/mol. The summed E-state index contributed by atoms with van der Waals surface area (Å²) in [5.74, 6) is -4.76. The first-order chi connectivity index (χ1) is 16.3. The van der Waals surface area contributed by atoms with E-state index in [1.807, 2.05) is 0 Å². The van der Waals surface area contributed by atoms with Crippen LogP contribution in [0.1, 0.15) is 26.5 Å². The second-order valence-electron chi connectivity index (χ2n) is 7.82. The van der Waals surface area contributed by atoms with Crippen LogP contribution in [0.3, 0.4) is 0 Å². The van der Waals surface area contributed by atoms with Gasteiger partial charge in [-0.25, -0.2) is 14.6 Å². The van der Waals surface area contributed by atoms with E-state index in [1.165, 1.54) is 37.9 Å². The number of carbonyl (C=O) groups is 5. The van der Waals surface area contributed by atoms with Gasteiger partial charge in [0, 0.05) is 23.6 Å². The normalized spacial score (nSPS) is 19.5. The number of aromatic nitrogens is 1. The number of nitrogens with two attached hydrogens (primary N) is 1. The Morgan fingerprint density at radius 1 is 1.33 bits per heavy atom. The Morgan fingerprint density at radius 3 is 2.53 bits per heavy atom. The van der Waals surface area contributed by atoms with Crippen molar-refractivity contribution in [2.75, 3.05) is 18.1 Å². The second-order valence-corrected chi connectivity index (χ2v) is 9.81. The van der Waals surface area contributed by atoms with Gasteiger partial charge in [0.25, 0.3) is 11.8 Å². The van der Waals surface area contributed by atoms with E-state index in [1.54, 1.807) is 0 Å². The fourth-order valence-corrected chi connectivity index (χ4v) is 4.87. The third kappa shape index (κ3) is 6.18. The molecule has 0 unspecified atom stereocenters. The first-order valence-corrected chi connectivity index (χ1v) is 11.8. The van der Waals surface area contributed by atoms with E-state index in [0.29, 0.717) is 0 Å². The molecule has 0 spiro atoms. The average Bonchev–Trinajstić information content (AvgIpc) is 3.20. The minimum absolute atomic E-state index is 0. The zero-order valence-electron chi connectivity index (χ0n) is 18.6. The molecule has 0 saturated carbocycles. The summed E-state index contributed by atoms with van der Waals surface area (Å²) < 4.78 is 4.88. The Labute approximate surface area is 234 Å². The van der Waals surface area contributed by atoms with Gasteiger partial charge in [0.15, 0.2) is 10.8 Å². The Hall–Kier alpha value is -2.66. The topological polar surface area (TPSA) is 211 Å². The predicted molar refractivity (Wildman–Crippen MR) is 129 cm³/mol. The number of oxime groups is 1. The number of thioether (sulfide) groups is 1. The number of β-lactam (4-membered cyclic amide) rings is 1. The molecule has 1 saturated heterocycles. The molecule has 190 valence electrons. The van der Waals surface area contributed by atoms with E-state index in [2.05, 4.69) is 15.5 Å². The molecule has 14 nitrogen and oxygen atoms in total. The molecular weight excluding hydrogens is 529 g/mol. The molecule has 17 heteroatoms. The molecule has 0 radical (unpaired) electrons. The van der Waals surface area contributed by atoms with Crippen molar-refractivity contribution < 1.29 is 43.8 Å². The van der Waals surface area contributed by atoms with Gasteiger partial charge in [0.1, 0.15) is 29.4 Å². The van der Waals surface area contributed by atoms with Gasteiger partial charge in [-0.05, 0) is 13.8 Å². The van der Waals surface area contributed by atoms with E-state index >= 15 is 0 Å².